The van der Waals surface area contributed by atoms with Gasteiger partial charge in [0.1, 0.15) is 11.0 Å². The molecule has 1 fully saturated rings. The number of methoxy groups -OCH3 is 1. The fourth-order valence-electron chi connectivity index (χ4n) is 2.59. The minimum absolute atomic E-state index is 0.00205. The third-order valence-corrected chi connectivity index (χ3v) is 5.07. The monoisotopic (exact) mass is 397 g/mol. The molecule has 0 radical (unpaired) electrons. The number of carbonyl (C=O) groups excluding carboxylic acids is 3. The molecule has 0 aromatic heterocycles. The molecule has 3 rings (SSSR count). The van der Waals surface area contributed by atoms with Crippen molar-refractivity contribution in [2.24, 2.45) is 4.99 Å². The molecule has 8 heteroatoms. The van der Waals surface area contributed by atoms with Crippen molar-refractivity contribution in [1.82, 2.24) is 5.32 Å². The second-order valence-corrected chi connectivity index (χ2v) is 7.29. The summed E-state index contributed by atoms with van der Waals surface area (Å²) in [5.41, 5.74) is 1.68. The van der Waals surface area contributed by atoms with Crippen LogP contribution in [0.1, 0.15) is 23.7 Å². The van der Waals surface area contributed by atoms with Gasteiger partial charge in [0.2, 0.25) is 11.8 Å². The summed E-state index contributed by atoms with van der Waals surface area (Å²) in [7, 11) is 1.57. The Morgan fingerprint density at radius 3 is 2.75 bits per heavy atom. The van der Waals surface area contributed by atoms with E-state index in [4.69, 9.17) is 4.74 Å². The summed E-state index contributed by atoms with van der Waals surface area (Å²) in [6, 6.07) is 13.8. The van der Waals surface area contributed by atoms with Crippen LogP contribution in [0.3, 0.4) is 0 Å². The number of rotatable bonds is 6. The minimum atomic E-state index is -0.569. The van der Waals surface area contributed by atoms with Crippen LogP contribution in [0.15, 0.2) is 53.5 Å². The summed E-state index contributed by atoms with van der Waals surface area (Å²) in [4.78, 5) is 40.3. The Bertz CT molecular complexity index is 958. The molecule has 7 nitrogen and oxygen atoms in total. The SMILES string of the molecule is COc1cccc(N=C2NC(=O)[C@@H](CC(=O)Nc3cccc(C(C)=O)c3)S2)c1. The molecule has 0 spiro atoms. The van der Waals surface area contributed by atoms with Crippen LogP contribution < -0.4 is 15.4 Å². The molecule has 2 N–H and O–H groups in total. The minimum Gasteiger partial charge on any atom is -0.497 e. The van der Waals surface area contributed by atoms with E-state index in [1.165, 1.54) is 18.7 Å². The highest BCUT2D eigenvalue weighted by atomic mass is 32.2. The summed E-state index contributed by atoms with van der Waals surface area (Å²) in [6.45, 7) is 1.46. The molecule has 2 aromatic rings. The molecule has 28 heavy (non-hydrogen) atoms. The number of benzene rings is 2. The zero-order chi connectivity index (χ0) is 20.1. The molecule has 1 saturated heterocycles. The van der Waals surface area contributed by atoms with E-state index in [-0.39, 0.29) is 24.0 Å². The first-order valence-electron chi connectivity index (χ1n) is 8.55. The smallest absolute Gasteiger partial charge is 0.240 e. The van der Waals surface area contributed by atoms with Crippen molar-refractivity contribution in [2.45, 2.75) is 18.6 Å². The van der Waals surface area contributed by atoms with Gasteiger partial charge in [-0.05, 0) is 31.2 Å². The first-order valence-corrected chi connectivity index (χ1v) is 9.43. The maximum atomic E-state index is 12.3. The van der Waals surface area contributed by atoms with Gasteiger partial charge in [-0.15, -0.1) is 0 Å². The number of carbonyl (C=O) groups is 3. The maximum absolute atomic E-state index is 12.3. The summed E-state index contributed by atoms with van der Waals surface area (Å²) >= 11 is 1.21. The lowest BCUT2D eigenvalue weighted by molar-refractivity contribution is -0.122. The summed E-state index contributed by atoms with van der Waals surface area (Å²) in [6.07, 6.45) is -0.00205. The molecular formula is C20H19N3O4S. The number of amides is 2. The Labute approximate surface area is 166 Å². The molecule has 144 valence electrons. The van der Waals surface area contributed by atoms with Gasteiger partial charge in [-0.25, -0.2) is 4.99 Å². The number of ketones is 1. The average molecular weight is 397 g/mol. The zero-order valence-corrected chi connectivity index (χ0v) is 16.2. The number of amidine groups is 1. The zero-order valence-electron chi connectivity index (χ0n) is 15.4. The number of ether oxygens (including phenoxy) is 1. The van der Waals surface area contributed by atoms with E-state index in [0.29, 0.717) is 27.9 Å². The van der Waals surface area contributed by atoms with Gasteiger partial charge in [0.05, 0.1) is 12.8 Å². The van der Waals surface area contributed by atoms with E-state index in [0.717, 1.165) is 0 Å². The van der Waals surface area contributed by atoms with Crippen LogP contribution in [0.4, 0.5) is 11.4 Å². The van der Waals surface area contributed by atoms with Crippen molar-refractivity contribution < 1.29 is 19.1 Å². The van der Waals surface area contributed by atoms with E-state index in [1.807, 2.05) is 0 Å². The summed E-state index contributed by atoms with van der Waals surface area (Å²) in [5.74, 6) is 0.00961. The average Bonchev–Trinajstić information content (AvgIpc) is 3.00. The quantitative estimate of drug-likeness (QED) is 0.730. The van der Waals surface area contributed by atoms with Crippen molar-refractivity contribution in [1.29, 1.82) is 0 Å². The second-order valence-electron chi connectivity index (χ2n) is 6.10. The lowest BCUT2D eigenvalue weighted by Crippen LogP contribution is -2.28. The molecule has 2 aromatic carbocycles. The van der Waals surface area contributed by atoms with E-state index >= 15 is 0 Å². The summed E-state index contributed by atoms with van der Waals surface area (Å²) < 4.78 is 5.16. The lowest BCUT2D eigenvalue weighted by atomic mass is 10.1. The fraction of sp³-hybridized carbons (Fsp3) is 0.200. The standard InChI is InChI=1S/C20H19N3O4S/c1-12(24)13-5-3-6-14(9-13)21-18(25)11-17-19(26)23-20(28-17)22-15-7-4-8-16(10-15)27-2/h3-10,17H,11H2,1-2H3,(H,21,25)(H,22,23,26)/t17-/m1/s1. The fourth-order valence-corrected chi connectivity index (χ4v) is 3.57. The van der Waals surface area contributed by atoms with Crippen LogP contribution in [0.25, 0.3) is 0 Å². The summed E-state index contributed by atoms with van der Waals surface area (Å²) in [5, 5.41) is 5.29. The number of nitrogens with one attached hydrogen (secondary N) is 2. The topological polar surface area (TPSA) is 96.9 Å². The number of nitrogens with zero attached hydrogens (tertiary/aromatic N) is 1. The van der Waals surface area contributed by atoms with Crippen LogP contribution in [-0.4, -0.2) is 35.1 Å². The van der Waals surface area contributed by atoms with Crippen LogP contribution in [-0.2, 0) is 9.59 Å². The number of hydrogen-bond acceptors (Lipinski definition) is 6. The molecule has 0 aliphatic carbocycles. The van der Waals surface area contributed by atoms with Gasteiger partial charge in [0, 0.05) is 23.7 Å². The Morgan fingerprint density at radius 1 is 1.21 bits per heavy atom. The molecule has 1 atom stereocenters. The molecule has 0 bridgehead atoms. The number of hydrogen-bond donors (Lipinski definition) is 2. The molecule has 2 amide bonds. The van der Waals surface area contributed by atoms with Crippen molar-refractivity contribution in [3.05, 3.63) is 54.1 Å². The van der Waals surface area contributed by atoms with Gasteiger partial charge < -0.3 is 15.4 Å². The van der Waals surface area contributed by atoms with Crippen LogP contribution in [0.2, 0.25) is 0 Å². The predicted molar refractivity (Wildman–Crippen MR) is 109 cm³/mol. The highest BCUT2D eigenvalue weighted by molar-refractivity contribution is 8.15. The normalized spacial score (nSPS) is 17.3. The molecular weight excluding hydrogens is 378 g/mol. The van der Waals surface area contributed by atoms with Gasteiger partial charge in [-0.3, -0.25) is 14.4 Å². The van der Waals surface area contributed by atoms with Gasteiger partial charge >= 0.3 is 0 Å². The molecule has 1 aliphatic heterocycles. The first-order chi connectivity index (χ1) is 13.4. The Morgan fingerprint density at radius 2 is 2.00 bits per heavy atom. The first kappa shape index (κ1) is 19.6. The van der Waals surface area contributed by atoms with Crippen LogP contribution in [0, 0.1) is 0 Å². The van der Waals surface area contributed by atoms with E-state index in [2.05, 4.69) is 15.6 Å². The van der Waals surface area contributed by atoms with Crippen molar-refractivity contribution >= 4 is 45.9 Å². The highest BCUT2D eigenvalue weighted by Gasteiger charge is 2.32. The van der Waals surface area contributed by atoms with Crippen LogP contribution >= 0.6 is 11.8 Å². The molecule has 1 heterocycles. The third-order valence-electron chi connectivity index (χ3n) is 3.98. The Hall–Kier alpha value is -3.13. The molecule has 0 saturated carbocycles. The number of aliphatic imine (C=N–C) groups is 1. The third kappa shape index (κ3) is 4.98. The Kier molecular flexibility index (Phi) is 6.10. The largest absolute Gasteiger partial charge is 0.497 e. The Balaban J connectivity index is 1.62. The number of thioether (sulfide) groups is 1. The van der Waals surface area contributed by atoms with Crippen LogP contribution in [0.5, 0.6) is 5.75 Å². The lowest BCUT2D eigenvalue weighted by Gasteiger charge is -2.08. The van der Waals surface area contributed by atoms with Crippen molar-refractivity contribution in [3.63, 3.8) is 0 Å². The highest BCUT2D eigenvalue weighted by Crippen LogP contribution is 2.27. The number of Topliss-reactive ketones (excluding diaryl/α,β-unsaturated/α-hetero) is 1. The van der Waals surface area contributed by atoms with E-state index in [1.54, 1.807) is 55.6 Å². The van der Waals surface area contributed by atoms with Gasteiger partial charge in [-0.2, -0.15) is 0 Å². The van der Waals surface area contributed by atoms with E-state index in [9.17, 15) is 14.4 Å². The van der Waals surface area contributed by atoms with Crippen molar-refractivity contribution in [2.75, 3.05) is 12.4 Å². The van der Waals surface area contributed by atoms with E-state index < -0.39 is 5.25 Å². The van der Waals surface area contributed by atoms with Gasteiger partial charge in [-0.1, -0.05) is 30.0 Å². The second kappa shape index (κ2) is 8.71. The predicted octanol–water partition coefficient (Wildman–Crippen LogP) is 3.15. The number of anilines is 1. The van der Waals surface area contributed by atoms with Gasteiger partial charge in [0.15, 0.2) is 11.0 Å². The van der Waals surface area contributed by atoms with Crippen molar-refractivity contribution in [3.8, 4) is 5.75 Å². The molecule has 1 aliphatic rings. The van der Waals surface area contributed by atoms with Gasteiger partial charge in [0.25, 0.3) is 0 Å². The maximum Gasteiger partial charge on any atom is 0.240 e. The molecule has 0 unspecified atom stereocenters.